The van der Waals surface area contributed by atoms with Gasteiger partial charge in [0.15, 0.2) is 11.4 Å². The van der Waals surface area contributed by atoms with E-state index in [4.69, 9.17) is 5.73 Å². The van der Waals surface area contributed by atoms with Crippen molar-refractivity contribution >= 4 is 11.7 Å². The van der Waals surface area contributed by atoms with Crippen LogP contribution in [0.15, 0.2) is 71.2 Å². The monoisotopic (exact) mass is 591 g/mol. The lowest BCUT2D eigenvalue weighted by molar-refractivity contribution is -0.115. The Kier molecular flexibility index (Phi) is 7.98. The lowest BCUT2D eigenvalue weighted by atomic mass is 9.57. The number of hydrogen-bond acceptors (Lipinski definition) is 8. The Balaban J connectivity index is 1.57. The zero-order chi connectivity index (χ0) is 31.4. The highest BCUT2D eigenvalue weighted by Crippen LogP contribution is 2.55. The fraction of sp³-hybridized carbons (Fsp3) is 0.394. The number of allylic oxidation sites excluding steroid dienone is 1. The molecule has 0 saturated heterocycles. The largest absolute Gasteiger partial charge is 0.510 e. The Morgan fingerprint density at radius 1 is 1.16 bits per heavy atom. The number of benzene rings is 2. The number of Topliss-reactive ketones (excluding diaryl/α,β-unsaturated/α-hetero) is 1. The highest BCUT2D eigenvalue weighted by atomic mass is 19.1. The van der Waals surface area contributed by atoms with Crippen LogP contribution in [-0.2, 0) is 24.3 Å². The van der Waals surface area contributed by atoms with E-state index in [2.05, 4.69) is 11.5 Å². The van der Waals surface area contributed by atoms with Crippen molar-refractivity contribution in [1.82, 2.24) is 9.80 Å². The molecule has 2 aromatic carbocycles. The summed E-state index contributed by atoms with van der Waals surface area (Å²) in [6.45, 7) is 7.29. The number of fused-ring (bicyclic) bond motifs is 3. The first-order valence-corrected chi connectivity index (χ1v) is 14.4. The second-order valence-corrected chi connectivity index (χ2v) is 12.0. The van der Waals surface area contributed by atoms with Gasteiger partial charge < -0.3 is 26.2 Å². The summed E-state index contributed by atoms with van der Waals surface area (Å²) < 4.78 is 16.2. The molecule has 1 amide bonds. The van der Waals surface area contributed by atoms with Crippen molar-refractivity contribution in [2.24, 2.45) is 17.6 Å². The van der Waals surface area contributed by atoms with Gasteiger partial charge in [0.05, 0.1) is 17.2 Å². The third kappa shape index (κ3) is 4.83. The van der Waals surface area contributed by atoms with E-state index in [0.717, 1.165) is 12.0 Å². The van der Waals surface area contributed by atoms with Crippen LogP contribution in [0.25, 0.3) is 0 Å². The van der Waals surface area contributed by atoms with Gasteiger partial charge in [-0.05, 0) is 57.5 Å². The maximum Gasteiger partial charge on any atom is 0.252 e. The summed E-state index contributed by atoms with van der Waals surface area (Å²) in [6.07, 6.45) is 0.868. The molecule has 0 fully saturated rings. The number of phenols is 1. The van der Waals surface area contributed by atoms with Gasteiger partial charge in [0.25, 0.3) is 5.91 Å². The molecule has 3 aliphatic rings. The van der Waals surface area contributed by atoms with Crippen molar-refractivity contribution in [2.45, 2.75) is 50.9 Å². The molecule has 4 atom stereocenters. The molecule has 43 heavy (non-hydrogen) atoms. The van der Waals surface area contributed by atoms with E-state index in [9.17, 15) is 30.0 Å². The van der Waals surface area contributed by atoms with Crippen LogP contribution in [0.4, 0.5) is 4.39 Å². The number of ketones is 1. The number of primary amides is 1. The number of halogens is 1. The summed E-state index contributed by atoms with van der Waals surface area (Å²) in [7, 11) is 3.26. The van der Waals surface area contributed by atoms with Gasteiger partial charge in [-0.3, -0.25) is 19.4 Å². The number of nitrogens with two attached hydrogens (primary N) is 1. The van der Waals surface area contributed by atoms with Crippen LogP contribution < -0.4 is 5.73 Å². The van der Waals surface area contributed by atoms with Gasteiger partial charge in [0.1, 0.15) is 23.1 Å². The first-order chi connectivity index (χ1) is 20.3. The summed E-state index contributed by atoms with van der Waals surface area (Å²) >= 11 is 0. The predicted molar refractivity (Wildman–Crippen MR) is 159 cm³/mol. The van der Waals surface area contributed by atoms with Crippen LogP contribution in [0.2, 0.25) is 0 Å². The second-order valence-electron chi connectivity index (χ2n) is 12.0. The predicted octanol–water partition coefficient (Wildman–Crippen LogP) is 3.66. The number of likely N-dealkylation sites (N-methyl/N-ethyl adjacent to an activating group) is 1. The second kappa shape index (κ2) is 11.3. The summed E-state index contributed by atoms with van der Waals surface area (Å²) in [5.74, 6) is -5.64. The first kappa shape index (κ1) is 30.5. The minimum Gasteiger partial charge on any atom is -0.510 e. The summed E-state index contributed by atoms with van der Waals surface area (Å²) in [5, 5.41) is 45.6. The molecule has 6 N–H and O–H groups in total. The van der Waals surface area contributed by atoms with E-state index < -0.39 is 63.8 Å². The van der Waals surface area contributed by atoms with E-state index in [1.165, 1.54) is 6.07 Å². The quantitative estimate of drug-likeness (QED) is 0.313. The fourth-order valence-electron chi connectivity index (χ4n) is 7.25. The fourth-order valence-corrected chi connectivity index (χ4v) is 7.25. The van der Waals surface area contributed by atoms with Crippen molar-refractivity contribution in [3.63, 3.8) is 0 Å². The molecule has 0 bridgehead atoms. The molecule has 0 spiro atoms. The number of phenolic OH excluding ortho intramolecular Hbond substituents is 1. The van der Waals surface area contributed by atoms with Crippen molar-refractivity contribution < 1.29 is 34.4 Å². The van der Waals surface area contributed by atoms with Gasteiger partial charge in [0.2, 0.25) is 0 Å². The smallest absolute Gasteiger partial charge is 0.252 e. The first-order valence-electron chi connectivity index (χ1n) is 14.4. The molecular weight excluding hydrogens is 553 g/mol. The van der Waals surface area contributed by atoms with Crippen LogP contribution >= 0.6 is 0 Å². The summed E-state index contributed by atoms with van der Waals surface area (Å²) in [5.41, 5.74) is 3.42. The zero-order valence-corrected chi connectivity index (χ0v) is 24.6. The van der Waals surface area contributed by atoms with E-state index in [0.29, 0.717) is 13.1 Å². The lowest BCUT2D eigenvalue weighted by Crippen LogP contribution is -2.60. The molecule has 0 aromatic heterocycles. The maximum absolute atomic E-state index is 16.2. The third-order valence-corrected chi connectivity index (χ3v) is 9.10. The number of carbonyl (C=O) groups excluding carboxylic acids is 2. The number of amides is 1. The van der Waals surface area contributed by atoms with Gasteiger partial charge in [-0.25, -0.2) is 4.39 Å². The Labute approximate surface area is 250 Å². The highest BCUT2D eigenvalue weighted by molar-refractivity contribution is 6.13. The molecule has 9 nitrogen and oxygen atoms in total. The molecule has 3 aliphatic carbocycles. The molecule has 2 aromatic rings. The van der Waals surface area contributed by atoms with E-state index in [-0.39, 0.29) is 47.2 Å². The Morgan fingerprint density at radius 2 is 1.84 bits per heavy atom. The van der Waals surface area contributed by atoms with Crippen molar-refractivity contribution in [1.29, 1.82) is 0 Å². The van der Waals surface area contributed by atoms with Crippen molar-refractivity contribution in [3.05, 3.63) is 99.3 Å². The van der Waals surface area contributed by atoms with Crippen LogP contribution in [0.5, 0.6) is 5.75 Å². The number of nitrogens with zero attached hydrogens (tertiary/aromatic N) is 2. The summed E-state index contributed by atoms with van der Waals surface area (Å²) in [6, 6.07) is 10.1. The highest BCUT2D eigenvalue weighted by Gasteiger charge is 2.60. The van der Waals surface area contributed by atoms with Crippen LogP contribution in [0.3, 0.4) is 0 Å². The van der Waals surface area contributed by atoms with Gasteiger partial charge in [-0.15, -0.1) is 0 Å². The maximum atomic E-state index is 16.2. The normalized spacial score (nSPS) is 25.2. The summed E-state index contributed by atoms with van der Waals surface area (Å²) in [4.78, 5) is 29.8. The average molecular weight is 592 g/mol. The Hall–Kier alpha value is -3.99. The number of carbonyl (C=O) groups is 2. The number of aliphatic hydroxyl groups excluding tert-OH is 2. The Bertz CT molecular complexity index is 1570. The van der Waals surface area contributed by atoms with Crippen molar-refractivity contribution in [2.75, 3.05) is 20.6 Å². The molecule has 10 heteroatoms. The van der Waals surface area contributed by atoms with E-state index in [1.54, 1.807) is 19.0 Å². The lowest BCUT2D eigenvalue weighted by Gasteiger charge is -2.52. The van der Waals surface area contributed by atoms with Crippen LogP contribution in [0, 0.1) is 17.7 Å². The van der Waals surface area contributed by atoms with Gasteiger partial charge in [-0.1, -0.05) is 43.8 Å². The van der Waals surface area contributed by atoms with Crippen molar-refractivity contribution in [3.8, 4) is 5.75 Å². The average Bonchev–Trinajstić information content (AvgIpc) is 2.93. The topological polar surface area (TPSA) is 148 Å². The molecular formula is C33H38FN3O6. The number of hydrogen-bond donors (Lipinski definition) is 5. The van der Waals surface area contributed by atoms with E-state index in [1.807, 2.05) is 37.3 Å². The SMILES string of the molecule is C=C1C(C(N)=O)=C(O)[C@@H](N(C)C)[C@@H]2C[C@@H]3Cc4c(F)c(CN(CCC)Cc5ccccc5)cc(O)c4C(=O)C3=C(O)[C@]12O. The minimum atomic E-state index is -2.29. The van der Waals surface area contributed by atoms with Gasteiger partial charge >= 0.3 is 0 Å². The number of rotatable bonds is 8. The molecule has 0 unspecified atom stereocenters. The standard InChI is InChI=1S/C33H38FN3O6/c1-5-11-37(15-18-9-7-6-8-10-18)16-20-14-23(38)26-21(27(20)34)12-19-13-22-28(36(3)4)30(40)24(32(35)42)17(2)33(22,43)31(41)25(19)29(26)39/h6-10,14,19,22,28,38,40-41,43H,2,5,11-13,15-16H2,1,3-4H3,(H2,35,42)/t19-,22-,28-,33-/m0/s1. The molecule has 0 aliphatic heterocycles. The molecule has 0 heterocycles. The minimum absolute atomic E-state index is 0.0213. The zero-order valence-electron chi connectivity index (χ0n) is 24.6. The molecule has 0 radical (unpaired) electrons. The van der Waals surface area contributed by atoms with Gasteiger partial charge in [-0.2, -0.15) is 0 Å². The van der Waals surface area contributed by atoms with Crippen LogP contribution in [0.1, 0.15) is 46.8 Å². The Morgan fingerprint density at radius 3 is 2.44 bits per heavy atom. The van der Waals surface area contributed by atoms with Crippen LogP contribution in [-0.4, -0.2) is 74.2 Å². The molecule has 228 valence electrons. The van der Waals surface area contributed by atoms with Gasteiger partial charge in [0, 0.05) is 41.3 Å². The number of aliphatic hydroxyl groups is 3. The number of aromatic hydroxyl groups is 1. The third-order valence-electron chi connectivity index (χ3n) is 9.10. The molecule has 5 rings (SSSR count). The molecule has 0 saturated carbocycles. The van der Waals surface area contributed by atoms with E-state index >= 15 is 4.39 Å².